The average molecular weight is 204 g/mol. The molecule has 1 aliphatic rings. The third-order valence-corrected chi connectivity index (χ3v) is 3.09. The fourth-order valence-corrected chi connectivity index (χ4v) is 2.06. The van der Waals surface area contributed by atoms with Crippen molar-refractivity contribution in [3.63, 3.8) is 0 Å². The zero-order chi connectivity index (χ0) is 10.8. The summed E-state index contributed by atoms with van der Waals surface area (Å²) in [5.74, 6) is 2.40. The van der Waals surface area contributed by atoms with Gasteiger partial charge in [0.05, 0.1) is 0 Å². The first kappa shape index (κ1) is 10.5. The second-order valence-corrected chi connectivity index (χ2v) is 4.92. The third kappa shape index (κ3) is 2.31. The number of anilines is 1. The van der Waals surface area contributed by atoms with Crippen LogP contribution in [-0.4, -0.2) is 11.5 Å². The Kier molecular flexibility index (Phi) is 2.94. The van der Waals surface area contributed by atoms with Gasteiger partial charge in [-0.05, 0) is 36.3 Å². The molecular weight excluding hydrogens is 184 g/mol. The number of hydrogen-bond donors (Lipinski definition) is 1. The fraction of sp³-hybridized carbons (Fsp3) is 0.615. The molecule has 1 atom stereocenters. The Morgan fingerprint density at radius 2 is 2.20 bits per heavy atom. The predicted molar refractivity (Wildman–Crippen MR) is 64.3 cm³/mol. The molecule has 0 radical (unpaired) electrons. The summed E-state index contributed by atoms with van der Waals surface area (Å²) < 4.78 is 0. The van der Waals surface area contributed by atoms with E-state index in [1.807, 2.05) is 0 Å². The fourth-order valence-electron chi connectivity index (χ4n) is 2.06. The molecule has 15 heavy (non-hydrogen) atoms. The molecule has 2 rings (SSSR count). The summed E-state index contributed by atoms with van der Waals surface area (Å²) >= 11 is 0. The van der Waals surface area contributed by atoms with Crippen LogP contribution in [0.1, 0.15) is 44.4 Å². The average Bonchev–Trinajstić information content (AvgIpc) is 2.37. The molecule has 0 spiro atoms. The van der Waals surface area contributed by atoms with E-state index in [1.165, 1.54) is 17.7 Å². The van der Waals surface area contributed by atoms with E-state index >= 15 is 0 Å². The monoisotopic (exact) mass is 204 g/mol. The van der Waals surface area contributed by atoms with Crippen LogP contribution in [0.25, 0.3) is 0 Å². The Labute approximate surface area is 92.1 Å². The molecule has 0 unspecified atom stereocenters. The molecule has 2 heterocycles. The molecule has 2 heteroatoms. The lowest BCUT2D eigenvalue weighted by atomic mass is 9.99. The molecule has 0 saturated carbocycles. The van der Waals surface area contributed by atoms with Crippen molar-refractivity contribution in [1.29, 1.82) is 0 Å². The maximum Gasteiger partial charge on any atom is 0.129 e. The topological polar surface area (TPSA) is 24.9 Å². The van der Waals surface area contributed by atoms with Crippen LogP contribution in [-0.2, 0) is 6.42 Å². The SMILES string of the molecule is CC(C)c1ccc2c(n1)NCC[C@@H](C)C2. The summed E-state index contributed by atoms with van der Waals surface area (Å²) in [5.41, 5.74) is 2.57. The zero-order valence-electron chi connectivity index (χ0n) is 9.88. The van der Waals surface area contributed by atoms with Crippen LogP contribution in [0.3, 0.4) is 0 Å². The van der Waals surface area contributed by atoms with E-state index in [-0.39, 0.29) is 0 Å². The van der Waals surface area contributed by atoms with Gasteiger partial charge in [-0.15, -0.1) is 0 Å². The van der Waals surface area contributed by atoms with Crippen molar-refractivity contribution in [2.45, 2.75) is 39.5 Å². The number of pyridine rings is 1. The number of rotatable bonds is 1. The van der Waals surface area contributed by atoms with Crippen molar-refractivity contribution in [2.24, 2.45) is 5.92 Å². The van der Waals surface area contributed by atoms with Gasteiger partial charge >= 0.3 is 0 Å². The molecule has 0 amide bonds. The largest absolute Gasteiger partial charge is 0.370 e. The summed E-state index contributed by atoms with van der Waals surface area (Å²) in [4.78, 5) is 4.70. The van der Waals surface area contributed by atoms with Crippen LogP contribution < -0.4 is 5.32 Å². The van der Waals surface area contributed by atoms with E-state index < -0.39 is 0 Å². The molecule has 0 saturated heterocycles. The minimum Gasteiger partial charge on any atom is -0.370 e. The second kappa shape index (κ2) is 4.21. The van der Waals surface area contributed by atoms with E-state index in [0.717, 1.165) is 24.7 Å². The minimum atomic E-state index is 0.512. The zero-order valence-corrected chi connectivity index (χ0v) is 9.88. The van der Waals surface area contributed by atoms with Gasteiger partial charge in [0.15, 0.2) is 0 Å². The van der Waals surface area contributed by atoms with Gasteiger partial charge in [0.25, 0.3) is 0 Å². The molecule has 82 valence electrons. The molecule has 0 bridgehead atoms. The number of nitrogens with one attached hydrogen (secondary N) is 1. The summed E-state index contributed by atoms with van der Waals surface area (Å²) in [6.45, 7) is 7.75. The Morgan fingerprint density at radius 3 is 2.93 bits per heavy atom. The Balaban J connectivity index is 2.31. The first-order valence-electron chi connectivity index (χ1n) is 5.90. The van der Waals surface area contributed by atoms with Gasteiger partial charge < -0.3 is 5.32 Å². The maximum absolute atomic E-state index is 4.70. The molecular formula is C13H20N2. The first-order chi connectivity index (χ1) is 7.16. The highest BCUT2D eigenvalue weighted by atomic mass is 15.0. The lowest BCUT2D eigenvalue weighted by molar-refractivity contribution is 0.558. The lowest BCUT2D eigenvalue weighted by Gasteiger charge is -2.11. The molecule has 0 aromatic carbocycles. The summed E-state index contributed by atoms with van der Waals surface area (Å²) in [7, 11) is 0. The van der Waals surface area contributed by atoms with Crippen molar-refractivity contribution in [2.75, 3.05) is 11.9 Å². The van der Waals surface area contributed by atoms with Gasteiger partial charge in [-0.3, -0.25) is 0 Å². The van der Waals surface area contributed by atoms with E-state index in [9.17, 15) is 0 Å². The van der Waals surface area contributed by atoms with Crippen molar-refractivity contribution in [3.8, 4) is 0 Å². The van der Waals surface area contributed by atoms with E-state index in [1.54, 1.807) is 0 Å². The standard InChI is InChI=1S/C13H20N2/c1-9(2)12-5-4-11-8-10(3)6-7-14-13(11)15-12/h4-5,9-10H,6-8H2,1-3H3,(H,14,15)/t10-/m1/s1. The Morgan fingerprint density at radius 1 is 1.40 bits per heavy atom. The smallest absolute Gasteiger partial charge is 0.129 e. The quantitative estimate of drug-likeness (QED) is 0.760. The van der Waals surface area contributed by atoms with Crippen molar-refractivity contribution in [1.82, 2.24) is 4.98 Å². The lowest BCUT2D eigenvalue weighted by Crippen LogP contribution is -2.04. The normalized spacial score (nSPS) is 20.7. The third-order valence-electron chi connectivity index (χ3n) is 3.09. The molecule has 0 fully saturated rings. The van der Waals surface area contributed by atoms with Crippen molar-refractivity contribution in [3.05, 3.63) is 23.4 Å². The second-order valence-electron chi connectivity index (χ2n) is 4.92. The Bertz CT molecular complexity index is 344. The summed E-state index contributed by atoms with van der Waals surface area (Å²) in [6, 6.07) is 4.41. The molecule has 1 aliphatic heterocycles. The van der Waals surface area contributed by atoms with Crippen LogP contribution in [0.4, 0.5) is 5.82 Å². The molecule has 2 nitrogen and oxygen atoms in total. The summed E-state index contributed by atoms with van der Waals surface area (Å²) in [5, 5.41) is 3.44. The van der Waals surface area contributed by atoms with Gasteiger partial charge in [0.2, 0.25) is 0 Å². The van der Waals surface area contributed by atoms with Gasteiger partial charge in [0, 0.05) is 12.2 Å². The van der Waals surface area contributed by atoms with Gasteiger partial charge in [-0.1, -0.05) is 26.8 Å². The van der Waals surface area contributed by atoms with Crippen molar-refractivity contribution >= 4 is 5.82 Å². The van der Waals surface area contributed by atoms with Crippen LogP contribution in [0, 0.1) is 5.92 Å². The highest BCUT2D eigenvalue weighted by molar-refractivity contribution is 5.46. The number of fused-ring (bicyclic) bond motifs is 1. The van der Waals surface area contributed by atoms with Gasteiger partial charge in [0.1, 0.15) is 5.82 Å². The summed E-state index contributed by atoms with van der Waals surface area (Å²) in [6.07, 6.45) is 2.40. The molecule has 0 aliphatic carbocycles. The van der Waals surface area contributed by atoms with Crippen LogP contribution >= 0.6 is 0 Å². The number of hydrogen-bond acceptors (Lipinski definition) is 2. The van der Waals surface area contributed by atoms with E-state index in [4.69, 9.17) is 4.98 Å². The minimum absolute atomic E-state index is 0.512. The highest BCUT2D eigenvalue weighted by Gasteiger charge is 2.14. The molecule has 1 aromatic rings. The molecule has 1 N–H and O–H groups in total. The highest BCUT2D eigenvalue weighted by Crippen LogP contribution is 2.24. The maximum atomic E-state index is 4.70. The van der Waals surface area contributed by atoms with Crippen LogP contribution in [0.5, 0.6) is 0 Å². The van der Waals surface area contributed by atoms with Crippen molar-refractivity contribution < 1.29 is 0 Å². The Hall–Kier alpha value is -1.05. The van der Waals surface area contributed by atoms with Gasteiger partial charge in [-0.25, -0.2) is 4.98 Å². The first-order valence-corrected chi connectivity index (χ1v) is 5.90. The van der Waals surface area contributed by atoms with Crippen LogP contribution in [0.15, 0.2) is 12.1 Å². The van der Waals surface area contributed by atoms with Crippen LogP contribution in [0.2, 0.25) is 0 Å². The van der Waals surface area contributed by atoms with Gasteiger partial charge in [-0.2, -0.15) is 0 Å². The molecule has 1 aromatic heterocycles. The van der Waals surface area contributed by atoms with E-state index in [0.29, 0.717) is 5.92 Å². The van der Waals surface area contributed by atoms with E-state index in [2.05, 4.69) is 38.2 Å². The number of aromatic nitrogens is 1. The predicted octanol–water partition coefficient (Wildman–Crippen LogP) is 3.20. The number of nitrogens with zero attached hydrogens (tertiary/aromatic N) is 1.